The highest BCUT2D eigenvalue weighted by atomic mass is 16.3. The molecule has 1 saturated carbocycles. The molecule has 0 aromatic rings. The summed E-state index contributed by atoms with van der Waals surface area (Å²) in [5.41, 5.74) is 0. The number of β-amino-alcohol motifs (C(OH)–C–C–N with tert-alkyl or cyclic N) is 1. The van der Waals surface area contributed by atoms with Gasteiger partial charge in [-0.1, -0.05) is 13.8 Å². The molecule has 82 valence electrons. The first-order chi connectivity index (χ1) is 6.65. The Morgan fingerprint density at radius 3 is 2.57 bits per heavy atom. The van der Waals surface area contributed by atoms with Crippen LogP contribution in [-0.4, -0.2) is 35.7 Å². The van der Waals surface area contributed by atoms with Crippen LogP contribution < -0.4 is 0 Å². The molecule has 0 amide bonds. The first-order valence-corrected chi connectivity index (χ1v) is 6.05. The molecule has 2 aliphatic rings. The molecule has 1 atom stereocenters. The number of aliphatic hydroxyl groups excluding tert-OH is 1. The van der Waals surface area contributed by atoms with Gasteiger partial charge in [-0.05, 0) is 37.0 Å². The van der Waals surface area contributed by atoms with Crippen LogP contribution >= 0.6 is 0 Å². The lowest BCUT2D eigenvalue weighted by Gasteiger charge is -2.40. The molecule has 2 heteroatoms. The second-order valence-electron chi connectivity index (χ2n) is 5.54. The summed E-state index contributed by atoms with van der Waals surface area (Å²) in [5.74, 6) is 2.77. The van der Waals surface area contributed by atoms with E-state index >= 15 is 0 Å². The summed E-state index contributed by atoms with van der Waals surface area (Å²) in [5, 5.41) is 9.40. The predicted octanol–water partition coefficient (Wildman–Crippen LogP) is 1.74. The number of rotatable bonds is 3. The molecule has 0 aromatic carbocycles. The van der Waals surface area contributed by atoms with Crippen LogP contribution in [0.2, 0.25) is 0 Å². The Labute approximate surface area is 87.3 Å². The maximum absolute atomic E-state index is 9.40. The van der Waals surface area contributed by atoms with E-state index < -0.39 is 0 Å². The Hall–Kier alpha value is -0.0800. The summed E-state index contributed by atoms with van der Waals surface area (Å²) in [6.45, 7) is 7.94. The number of aliphatic hydroxyl groups is 1. The topological polar surface area (TPSA) is 23.5 Å². The molecule has 0 spiro atoms. The van der Waals surface area contributed by atoms with Crippen molar-refractivity contribution in [3.05, 3.63) is 0 Å². The van der Waals surface area contributed by atoms with Crippen molar-refractivity contribution >= 4 is 0 Å². The quantitative estimate of drug-likeness (QED) is 0.745. The summed E-state index contributed by atoms with van der Waals surface area (Å²) < 4.78 is 0. The summed E-state index contributed by atoms with van der Waals surface area (Å²) in [6, 6.07) is 0. The average molecular weight is 197 g/mol. The van der Waals surface area contributed by atoms with Gasteiger partial charge in [0, 0.05) is 19.6 Å². The molecule has 2 nitrogen and oxygen atoms in total. The summed E-state index contributed by atoms with van der Waals surface area (Å²) in [6.07, 6.45) is 3.78. The fourth-order valence-corrected chi connectivity index (χ4v) is 2.82. The SMILES string of the molecule is CC(C)[C@H]1C[C@@H](CN2CC[C@H](O)C2)C1. The normalized spacial score (nSPS) is 39.0. The van der Waals surface area contributed by atoms with Crippen molar-refractivity contribution in [2.75, 3.05) is 19.6 Å². The van der Waals surface area contributed by atoms with Crippen LogP contribution in [0.1, 0.15) is 33.1 Å². The number of hydrogen-bond donors (Lipinski definition) is 1. The summed E-state index contributed by atoms with van der Waals surface area (Å²) in [4.78, 5) is 2.44. The van der Waals surface area contributed by atoms with Gasteiger partial charge in [0.2, 0.25) is 0 Å². The van der Waals surface area contributed by atoms with Crippen LogP contribution in [0.15, 0.2) is 0 Å². The van der Waals surface area contributed by atoms with Crippen molar-refractivity contribution < 1.29 is 5.11 Å². The third-order valence-corrected chi connectivity index (χ3v) is 3.98. The van der Waals surface area contributed by atoms with Crippen molar-refractivity contribution in [1.29, 1.82) is 0 Å². The highest BCUT2D eigenvalue weighted by Crippen LogP contribution is 2.39. The van der Waals surface area contributed by atoms with Gasteiger partial charge in [-0.3, -0.25) is 0 Å². The van der Waals surface area contributed by atoms with E-state index in [9.17, 15) is 5.11 Å². The third-order valence-electron chi connectivity index (χ3n) is 3.98. The zero-order chi connectivity index (χ0) is 10.1. The van der Waals surface area contributed by atoms with Crippen LogP contribution in [0.4, 0.5) is 0 Å². The zero-order valence-electron chi connectivity index (χ0n) is 9.45. The molecule has 0 unspecified atom stereocenters. The molecule has 1 aliphatic heterocycles. The zero-order valence-corrected chi connectivity index (χ0v) is 9.45. The Morgan fingerprint density at radius 1 is 1.36 bits per heavy atom. The van der Waals surface area contributed by atoms with Crippen molar-refractivity contribution in [3.8, 4) is 0 Å². The molecule has 14 heavy (non-hydrogen) atoms. The van der Waals surface area contributed by atoms with Crippen LogP contribution in [0.5, 0.6) is 0 Å². The van der Waals surface area contributed by atoms with Gasteiger partial charge in [0.25, 0.3) is 0 Å². The minimum Gasteiger partial charge on any atom is -0.392 e. The van der Waals surface area contributed by atoms with Gasteiger partial charge >= 0.3 is 0 Å². The van der Waals surface area contributed by atoms with E-state index in [-0.39, 0.29) is 6.10 Å². The maximum atomic E-state index is 9.40. The van der Waals surface area contributed by atoms with E-state index in [1.165, 1.54) is 19.4 Å². The monoisotopic (exact) mass is 197 g/mol. The largest absolute Gasteiger partial charge is 0.392 e. The summed E-state index contributed by atoms with van der Waals surface area (Å²) in [7, 11) is 0. The van der Waals surface area contributed by atoms with Gasteiger partial charge in [-0.25, -0.2) is 0 Å². The van der Waals surface area contributed by atoms with E-state index in [1.807, 2.05) is 0 Å². The molecule has 1 N–H and O–H groups in total. The number of hydrogen-bond acceptors (Lipinski definition) is 2. The van der Waals surface area contributed by atoms with Gasteiger partial charge in [0.1, 0.15) is 0 Å². The molecule has 0 bridgehead atoms. The Balaban J connectivity index is 1.64. The molecular weight excluding hydrogens is 174 g/mol. The van der Waals surface area contributed by atoms with Crippen LogP contribution in [-0.2, 0) is 0 Å². The fraction of sp³-hybridized carbons (Fsp3) is 1.00. The second-order valence-corrected chi connectivity index (χ2v) is 5.54. The molecule has 1 heterocycles. The molecule has 0 aromatic heterocycles. The Morgan fingerprint density at radius 2 is 2.07 bits per heavy atom. The first-order valence-electron chi connectivity index (χ1n) is 6.05. The predicted molar refractivity (Wildman–Crippen MR) is 58.1 cm³/mol. The van der Waals surface area contributed by atoms with Crippen molar-refractivity contribution in [1.82, 2.24) is 4.90 Å². The average Bonchev–Trinajstić information content (AvgIpc) is 2.42. The molecular formula is C12H23NO. The molecule has 2 fully saturated rings. The Bertz CT molecular complexity index is 187. The van der Waals surface area contributed by atoms with Gasteiger partial charge in [-0.2, -0.15) is 0 Å². The maximum Gasteiger partial charge on any atom is 0.0679 e. The van der Waals surface area contributed by atoms with Crippen LogP contribution in [0, 0.1) is 17.8 Å². The van der Waals surface area contributed by atoms with Gasteiger partial charge < -0.3 is 10.0 Å². The van der Waals surface area contributed by atoms with E-state index in [1.54, 1.807) is 0 Å². The van der Waals surface area contributed by atoms with Crippen molar-refractivity contribution in [2.45, 2.75) is 39.2 Å². The van der Waals surface area contributed by atoms with Gasteiger partial charge in [0.05, 0.1) is 6.10 Å². The van der Waals surface area contributed by atoms with Crippen molar-refractivity contribution in [3.63, 3.8) is 0 Å². The van der Waals surface area contributed by atoms with Gasteiger partial charge in [0.15, 0.2) is 0 Å². The standard InChI is InChI=1S/C12H23NO/c1-9(2)11-5-10(6-11)7-13-4-3-12(14)8-13/h9-12,14H,3-8H2,1-2H3/t10-,11+,12-/m0/s1. The lowest BCUT2D eigenvalue weighted by molar-refractivity contribution is 0.0966. The van der Waals surface area contributed by atoms with E-state index in [0.717, 1.165) is 37.3 Å². The van der Waals surface area contributed by atoms with E-state index in [4.69, 9.17) is 0 Å². The van der Waals surface area contributed by atoms with Crippen LogP contribution in [0.25, 0.3) is 0 Å². The molecule has 0 radical (unpaired) electrons. The minimum absolute atomic E-state index is 0.0454. The molecule has 1 aliphatic carbocycles. The van der Waals surface area contributed by atoms with Crippen LogP contribution in [0.3, 0.4) is 0 Å². The van der Waals surface area contributed by atoms with E-state index in [2.05, 4.69) is 18.7 Å². The lowest BCUT2D eigenvalue weighted by atomic mass is 9.69. The first kappa shape index (κ1) is 10.4. The number of likely N-dealkylation sites (tertiary alicyclic amines) is 1. The molecule has 2 rings (SSSR count). The minimum atomic E-state index is -0.0454. The summed E-state index contributed by atoms with van der Waals surface area (Å²) >= 11 is 0. The highest BCUT2D eigenvalue weighted by molar-refractivity contribution is 4.85. The smallest absolute Gasteiger partial charge is 0.0679 e. The highest BCUT2D eigenvalue weighted by Gasteiger charge is 2.33. The fourth-order valence-electron chi connectivity index (χ4n) is 2.82. The lowest BCUT2D eigenvalue weighted by Crippen LogP contribution is -2.37. The van der Waals surface area contributed by atoms with E-state index in [0.29, 0.717) is 0 Å². The van der Waals surface area contributed by atoms with Gasteiger partial charge in [-0.15, -0.1) is 0 Å². The third kappa shape index (κ3) is 2.29. The number of nitrogens with zero attached hydrogens (tertiary/aromatic N) is 1. The Kier molecular flexibility index (Phi) is 3.13. The molecule has 1 saturated heterocycles. The second kappa shape index (κ2) is 4.19. The van der Waals surface area contributed by atoms with Crippen molar-refractivity contribution in [2.24, 2.45) is 17.8 Å².